The quantitative estimate of drug-likeness (QED) is 0.782. The lowest BCUT2D eigenvalue weighted by Gasteiger charge is -2.17. The highest BCUT2D eigenvalue weighted by Crippen LogP contribution is 2.23. The Morgan fingerprint density at radius 1 is 1.29 bits per heavy atom. The molecule has 0 saturated heterocycles. The Balaban J connectivity index is 2.58. The summed E-state index contributed by atoms with van der Waals surface area (Å²) in [6.07, 6.45) is 2.77. The number of hydrogen-bond acceptors (Lipinski definition) is 5. The van der Waals surface area contributed by atoms with Gasteiger partial charge in [-0.1, -0.05) is 0 Å². The van der Waals surface area contributed by atoms with E-state index in [2.05, 4.69) is 9.98 Å². The topological polar surface area (TPSA) is 103 Å². The Kier molecular flexibility index (Phi) is 2.73. The molecule has 1 aliphatic rings. The number of hydrogen-bond donors (Lipinski definition) is 2. The van der Waals surface area contributed by atoms with Crippen LogP contribution >= 0.6 is 0 Å². The molecule has 7 heteroatoms. The predicted octanol–water partition coefficient (Wildman–Crippen LogP) is 0.326. The Bertz CT molecular complexity index is 512. The average molecular weight is 235 g/mol. The van der Waals surface area contributed by atoms with E-state index in [0.29, 0.717) is 18.8 Å². The summed E-state index contributed by atoms with van der Waals surface area (Å²) in [5, 5.41) is 18.0. The molecule has 0 fully saturated rings. The third-order valence-electron chi connectivity index (χ3n) is 2.35. The number of anilines is 1. The van der Waals surface area contributed by atoms with Crippen LogP contribution in [0.1, 0.15) is 20.8 Å². The third-order valence-corrected chi connectivity index (χ3v) is 2.35. The van der Waals surface area contributed by atoms with E-state index in [1.54, 1.807) is 4.90 Å². The molecule has 1 aliphatic heterocycles. The maximum atomic E-state index is 11.1. The second-order valence-electron chi connectivity index (χ2n) is 3.38. The van der Waals surface area contributed by atoms with Crippen molar-refractivity contribution in [1.29, 1.82) is 0 Å². The average Bonchev–Trinajstić information content (AvgIpc) is 2.81. The Labute approximate surface area is 96.0 Å². The number of pyridine rings is 1. The molecule has 0 bridgehead atoms. The van der Waals surface area contributed by atoms with Gasteiger partial charge in [0.2, 0.25) is 0 Å². The first-order valence-corrected chi connectivity index (χ1v) is 4.83. The maximum absolute atomic E-state index is 11.1. The largest absolute Gasteiger partial charge is 0.478 e. The number of nitrogens with zero attached hydrogens (tertiary/aromatic N) is 3. The van der Waals surface area contributed by atoms with Crippen LogP contribution in [0.25, 0.3) is 0 Å². The molecule has 0 saturated carbocycles. The third kappa shape index (κ3) is 1.94. The molecule has 0 radical (unpaired) electrons. The van der Waals surface area contributed by atoms with Gasteiger partial charge in [0, 0.05) is 12.7 Å². The molecule has 17 heavy (non-hydrogen) atoms. The zero-order chi connectivity index (χ0) is 12.4. The molecule has 0 aromatic carbocycles. The number of rotatable bonds is 3. The van der Waals surface area contributed by atoms with E-state index in [4.69, 9.17) is 10.2 Å². The first-order valence-electron chi connectivity index (χ1n) is 4.83. The SMILES string of the molecule is O=C(O)c1nccc(N2C=NCC2)c1C(=O)O. The van der Waals surface area contributed by atoms with Crippen molar-refractivity contribution in [3.63, 3.8) is 0 Å². The Hall–Kier alpha value is -2.44. The molecule has 2 heterocycles. The zero-order valence-corrected chi connectivity index (χ0v) is 8.70. The summed E-state index contributed by atoms with van der Waals surface area (Å²) in [5.74, 6) is -2.67. The van der Waals surface area contributed by atoms with Crippen molar-refractivity contribution in [2.45, 2.75) is 0 Å². The van der Waals surface area contributed by atoms with Crippen molar-refractivity contribution in [1.82, 2.24) is 4.98 Å². The number of aliphatic imine (C=N–C) groups is 1. The van der Waals surface area contributed by atoms with Crippen molar-refractivity contribution < 1.29 is 19.8 Å². The summed E-state index contributed by atoms with van der Waals surface area (Å²) < 4.78 is 0. The number of carboxylic acids is 2. The monoisotopic (exact) mass is 235 g/mol. The van der Waals surface area contributed by atoms with Crippen LogP contribution in [0, 0.1) is 0 Å². The van der Waals surface area contributed by atoms with Gasteiger partial charge in [0.25, 0.3) is 0 Å². The number of carbonyl (C=O) groups is 2. The van der Waals surface area contributed by atoms with Crippen LogP contribution in [-0.4, -0.2) is 46.6 Å². The van der Waals surface area contributed by atoms with Crippen LogP contribution in [-0.2, 0) is 0 Å². The van der Waals surface area contributed by atoms with Crippen LogP contribution < -0.4 is 4.90 Å². The fourth-order valence-corrected chi connectivity index (χ4v) is 1.63. The van der Waals surface area contributed by atoms with Gasteiger partial charge in [-0.05, 0) is 6.07 Å². The van der Waals surface area contributed by atoms with Crippen LogP contribution in [0.5, 0.6) is 0 Å². The van der Waals surface area contributed by atoms with Crippen LogP contribution in [0.2, 0.25) is 0 Å². The molecular formula is C10H9N3O4. The fraction of sp³-hybridized carbons (Fsp3) is 0.200. The summed E-state index contributed by atoms with van der Waals surface area (Å²) in [6.45, 7) is 1.09. The van der Waals surface area contributed by atoms with Crippen molar-refractivity contribution in [2.75, 3.05) is 18.0 Å². The number of aromatic carboxylic acids is 2. The minimum atomic E-state index is -1.36. The first kappa shape index (κ1) is 11.1. The highest BCUT2D eigenvalue weighted by Gasteiger charge is 2.24. The molecule has 88 valence electrons. The number of carboxylic acid groups (broad SMARTS) is 2. The Morgan fingerprint density at radius 3 is 2.59 bits per heavy atom. The van der Waals surface area contributed by atoms with Crippen molar-refractivity contribution in [3.05, 3.63) is 23.5 Å². The van der Waals surface area contributed by atoms with Gasteiger partial charge < -0.3 is 15.1 Å². The molecule has 0 aliphatic carbocycles. The van der Waals surface area contributed by atoms with E-state index < -0.39 is 17.6 Å². The molecule has 1 aromatic rings. The number of aromatic nitrogens is 1. The predicted molar refractivity (Wildman–Crippen MR) is 58.9 cm³/mol. The smallest absolute Gasteiger partial charge is 0.355 e. The van der Waals surface area contributed by atoms with Gasteiger partial charge in [0.15, 0.2) is 5.69 Å². The van der Waals surface area contributed by atoms with E-state index in [1.165, 1.54) is 18.6 Å². The minimum absolute atomic E-state index is 0.297. The maximum Gasteiger partial charge on any atom is 0.355 e. The Morgan fingerprint density at radius 2 is 2.06 bits per heavy atom. The lowest BCUT2D eigenvalue weighted by Crippen LogP contribution is -2.23. The van der Waals surface area contributed by atoms with Crippen LogP contribution in [0.4, 0.5) is 5.69 Å². The summed E-state index contributed by atoms with van der Waals surface area (Å²) in [6, 6.07) is 1.47. The lowest BCUT2D eigenvalue weighted by atomic mass is 10.1. The fourth-order valence-electron chi connectivity index (χ4n) is 1.63. The van der Waals surface area contributed by atoms with Gasteiger partial charge in [-0.25, -0.2) is 14.6 Å². The molecule has 2 N–H and O–H groups in total. The zero-order valence-electron chi connectivity index (χ0n) is 8.70. The molecule has 0 atom stereocenters. The van der Waals surface area contributed by atoms with E-state index in [-0.39, 0.29) is 5.56 Å². The second-order valence-corrected chi connectivity index (χ2v) is 3.38. The minimum Gasteiger partial charge on any atom is -0.478 e. The van der Waals surface area contributed by atoms with Gasteiger partial charge in [-0.15, -0.1) is 0 Å². The van der Waals surface area contributed by atoms with Crippen molar-refractivity contribution in [2.24, 2.45) is 4.99 Å². The van der Waals surface area contributed by atoms with Gasteiger partial charge in [0.1, 0.15) is 5.56 Å². The van der Waals surface area contributed by atoms with Crippen LogP contribution in [0.15, 0.2) is 17.3 Å². The second kappa shape index (κ2) is 4.20. The standard InChI is InChI=1S/C10H9N3O4/c14-9(15)7-6(13-4-3-11-5-13)1-2-12-8(7)10(16)17/h1-2,5H,3-4H2,(H,14,15)(H,16,17). The van der Waals surface area contributed by atoms with Gasteiger partial charge in [-0.3, -0.25) is 4.99 Å². The normalized spacial score (nSPS) is 14.0. The van der Waals surface area contributed by atoms with Crippen LogP contribution in [0.3, 0.4) is 0 Å². The summed E-state index contributed by atoms with van der Waals surface area (Å²) in [4.78, 5) is 31.2. The molecular weight excluding hydrogens is 226 g/mol. The van der Waals surface area contributed by atoms with E-state index >= 15 is 0 Å². The molecule has 2 rings (SSSR count). The van der Waals surface area contributed by atoms with Gasteiger partial charge in [0.05, 0.1) is 18.6 Å². The summed E-state index contributed by atoms with van der Waals surface area (Å²) in [5.41, 5.74) is -0.477. The lowest BCUT2D eigenvalue weighted by molar-refractivity contribution is 0.0647. The first-order chi connectivity index (χ1) is 8.11. The molecule has 7 nitrogen and oxygen atoms in total. The van der Waals surface area contributed by atoms with E-state index in [9.17, 15) is 9.59 Å². The van der Waals surface area contributed by atoms with Crippen molar-refractivity contribution in [3.8, 4) is 0 Å². The van der Waals surface area contributed by atoms with Gasteiger partial charge in [-0.2, -0.15) is 0 Å². The van der Waals surface area contributed by atoms with Crippen molar-refractivity contribution >= 4 is 24.0 Å². The molecule has 0 amide bonds. The molecule has 0 unspecified atom stereocenters. The van der Waals surface area contributed by atoms with E-state index in [1.807, 2.05) is 0 Å². The highest BCUT2D eigenvalue weighted by molar-refractivity contribution is 6.06. The van der Waals surface area contributed by atoms with Gasteiger partial charge >= 0.3 is 11.9 Å². The summed E-state index contributed by atoms with van der Waals surface area (Å²) >= 11 is 0. The highest BCUT2D eigenvalue weighted by atomic mass is 16.4. The summed E-state index contributed by atoms with van der Waals surface area (Å²) in [7, 11) is 0. The molecule has 0 spiro atoms. The molecule has 1 aromatic heterocycles. The van der Waals surface area contributed by atoms with E-state index in [0.717, 1.165) is 0 Å².